The molecule has 6 nitrogen and oxygen atoms in total. The monoisotopic (exact) mass is 354 g/mol. The predicted molar refractivity (Wildman–Crippen MR) is 95.7 cm³/mol. The topological polar surface area (TPSA) is 64.8 Å². The fourth-order valence-electron chi connectivity index (χ4n) is 3.40. The van der Waals surface area contributed by atoms with Gasteiger partial charge < -0.3 is 18.9 Å². The molecule has 1 unspecified atom stereocenters. The maximum Gasteiger partial charge on any atom is 0.253 e. The van der Waals surface area contributed by atoms with Gasteiger partial charge in [-0.15, -0.1) is 0 Å². The molecule has 2 aromatic rings. The van der Waals surface area contributed by atoms with Crippen LogP contribution in [0.15, 0.2) is 34.4 Å². The molecule has 0 spiro atoms. The minimum Gasteiger partial charge on any atom is -0.488 e. The van der Waals surface area contributed by atoms with E-state index in [9.17, 15) is 4.79 Å². The summed E-state index contributed by atoms with van der Waals surface area (Å²) in [7, 11) is 0. The Balaban J connectivity index is 1.37. The van der Waals surface area contributed by atoms with E-state index >= 15 is 0 Å². The maximum atomic E-state index is 12.8. The predicted octanol–water partition coefficient (Wildman–Crippen LogP) is 2.88. The Morgan fingerprint density at radius 2 is 2.19 bits per heavy atom. The third-order valence-electron chi connectivity index (χ3n) is 4.98. The van der Waals surface area contributed by atoms with E-state index in [-0.39, 0.29) is 12.0 Å². The molecule has 136 valence electrons. The summed E-state index contributed by atoms with van der Waals surface area (Å²) in [5.41, 5.74) is 3.49. The second-order valence-electron chi connectivity index (χ2n) is 6.77. The largest absolute Gasteiger partial charge is 0.488 e. The minimum absolute atomic E-state index is 0.0305. The summed E-state index contributed by atoms with van der Waals surface area (Å²) in [6.07, 6.45) is 2.80. The van der Waals surface area contributed by atoms with Crippen molar-refractivity contribution in [3.63, 3.8) is 0 Å². The first-order chi connectivity index (χ1) is 12.6. The standard InChI is InChI=1S/C20H22N2O4/c1-13-18(14(2)26-21-13)12-24-17-7-8-22(10-17)20(23)16-9-15-5-3-4-6-19(15)25-11-16/h3-6,9,17H,7-8,10-12H2,1-2H3. The average molecular weight is 354 g/mol. The molecule has 26 heavy (non-hydrogen) atoms. The van der Waals surface area contributed by atoms with E-state index in [1.54, 1.807) is 0 Å². The molecular weight excluding hydrogens is 332 g/mol. The number of nitrogens with zero attached hydrogens (tertiary/aromatic N) is 2. The van der Waals surface area contributed by atoms with Gasteiger partial charge in [-0.1, -0.05) is 23.4 Å². The van der Waals surface area contributed by atoms with E-state index in [1.807, 2.05) is 49.1 Å². The van der Waals surface area contributed by atoms with Crippen LogP contribution in [0.5, 0.6) is 5.75 Å². The molecule has 0 bridgehead atoms. The molecule has 2 aliphatic rings. The second-order valence-corrected chi connectivity index (χ2v) is 6.77. The Hall–Kier alpha value is -2.60. The van der Waals surface area contributed by atoms with Gasteiger partial charge in [0.05, 0.1) is 24.0 Å². The highest BCUT2D eigenvalue weighted by Gasteiger charge is 2.30. The summed E-state index contributed by atoms with van der Waals surface area (Å²) in [6, 6.07) is 7.75. The smallest absolute Gasteiger partial charge is 0.253 e. The van der Waals surface area contributed by atoms with Gasteiger partial charge in [-0.2, -0.15) is 0 Å². The van der Waals surface area contributed by atoms with Gasteiger partial charge >= 0.3 is 0 Å². The average Bonchev–Trinajstić information content (AvgIpc) is 3.26. The summed E-state index contributed by atoms with van der Waals surface area (Å²) in [4.78, 5) is 14.6. The van der Waals surface area contributed by atoms with E-state index < -0.39 is 0 Å². The number of carbonyl (C=O) groups is 1. The van der Waals surface area contributed by atoms with Gasteiger partial charge in [0.15, 0.2) is 0 Å². The highest BCUT2D eigenvalue weighted by atomic mass is 16.5. The van der Waals surface area contributed by atoms with Crippen LogP contribution in [-0.2, 0) is 16.1 Å². The molecule has 0 N–H and O–H groups in total. The first-order valence-electron chi connectivity index (χ1n) is 8.87. The number of aryl methyl sites for hydroxylation is 2. The number of fused-ring (bicyclic) bond motifs is 1. The number of hydrogen-bond donors (Lipinski definition) is 0. The lowest BCUT2D eigenvalue weighted by atomic mass is 10.1. The fraction of sp³-hybridized carbons (Fsp3) is 0.400. The van der Waals surface area contributed by atoms with E-state index in [0.29, 0.717) is 31.9 Å². The zero-order chi connectivity index (χ0) is 18.1. The Morgan fingerprint density at radius 1 is 1.35 bits per heavy atom. The Bertz CT molecular complexity index is 836. The molecule has 0 saturated carbocycles. The zero-order valence-electron chi connectivity index (χ0n) is 15.0. The number of benzene rings is 1. The van der Waals surface area contributed by atoms with Crippen LogP contribution >= 0.6 is 0 Å². The summed E-state index contributed by atoms with van der Waals surface area (Å²) in [5, 5.41) is 3.94. The van der Waals surface area contributed by atoms with Crippen LogP contribution in [0.25, 0.3) is 6.08 Å². The van der Waals surface area contributed by atoms with Crippen LogP contribution in [0.2, 0.25) is 0 Å². The molecule has 0 radical (unpaired) electrons. The number of rotatable bonds is 4. The van der Waals surface area contributed by atoms with Gasteiger partial charge in [-0.25, -0.2) is 0 Å². The van der Waals surface area contributed by atoms with E-state index in [2.05, 4.69) is 5.16 Å². The lowest BCUT2D eigenvalue weighted by molar-refractivity contribution is -0.127. The first-order valence-corrected chi connectivity index (χ1v) is 8.87. The molecule has 1 atom stereocenters. The van der Waals surface area contributed by atoms with Crippen molar-refractivity contribution < 1.29 is 18.8 Å². The number of hydrogen-bond acceptors (Lipinski definition) is 5. The first kappa shape index (κ1) is 16.8. The van der Waals surface area contributed by atoms with Gasteiger partial charge in [0.25, 0.3) is 5.91 Å². The molecule has 1 saturated heterocycles. The number of ether oxygens (including phenoxy) is 2. The van der Waals surface area contributed by atoms with Crippen LogP contribution in [-0.4, -0.2) is 41.8 Å². The summed E-state index contributed by atoms with van der Waals surface area (Å²) in [6.45, 7) is 5.87. The van der Waals surface area contributed by atoms with Crippen molar-refractivity contribution in [1.29, 1.82) is 0 Å². The Labute approximate surface area is 152 Å². The summed E-state index contributed by atoms with van der Waals surface area (Å²) >= 11 is 0. The molecule has 2 aliphatic heterocycles. The van der Waals surface area contributed by atoms with Crippen molar-refractivity contribution in [2.45, 2.75) is 33.0 Å². The number of amides is 1. The third kappa shape index (κ3) is 3.24. The van der Waals surface area contributed by atoms with E-state index in [0.717, 1.165) is 34.8 Å². The summed E-state index contributed by atoms with van der Waals surface area (Å²) in [5.74, 6) is 1.64. The summed E-state index contributed by atoms with van der Waals surface area (Å²) < 4.78 is 16.9. The van der Waals surface area contributed by atoms with Crippen LogP contribution < -0.4 is 4.74 Å². The van der Waals surface area contributed by atoms with E-state index in [1.165, 1.54) is 0 Å². The maximum absolute atomic E-state index is 12.8. The van der Waals surface area contributed by atoms with E-state index in [4.69, 9.17) is 14.0 Å². The van der Waals surface area contributed by atoms with Crippen LogP contribution in [0, 0.1) is 13.8 Å². The van der Waals surface area contributed by atoms with Crippen LogP contribution in [0.1, 0.15) is 29.0 Å². The Morgan fingerprint density at radius 3 is 3.00 bits per heavy atom. The number of para-hydroxylation sites is 1. The van der Waals surface area contributed by atoms with Gasteiger partial charge in [0, 0.05) is 24.2 Å². The molecule has 0 aliphatic carbocycles. The van der Waals surface area contributed by atoms with Crippen LogP contribution in [0.4, 0.5) is 0 Å². The van der Waals surface area contributed by atoms with Gasteiger partial charge in [0.1, 0.15) is 18.1 Å². The second kappa shape index (κ2) is 6.96. The molecule has 1 aromatic heterocycles. The van der Waals surface area contributed by atoms with Crippen molar-refractivity contribution in [2.24, 2.45) is 0 Å². The molecule has 1 amide bonds. The lowest BCUT2D eigenvalue weighted by Crippen LogP contribution is -2.33. The number of aromatic nitrogens is 1. The number of likely N-dealkylation sites (tertiary alicyclic amines) is 1. The molecule has 1 aromatic carbocycles. The normalized spacial score (nSPS) is 19.1. The third-order valence-corrected chi connectivity index (χ3v) is 4.98. The van der Waals surface area contributed by atoms with Crippen LogP contribution in [0.3, 0.4) is 0 Å². The lowest BCUT2D eigenvalue weighted by Gasteiger charge is -2.22. The zero-order valence-corrected chi connectivity index (χ0v) is 15.0. The van der Waals surface area contributed by atoms with Gasteiger partial charge in [0.2, 0.25) is 0 Å². The number of carbonyl (C=O) groups excluding carboxylic acids is 1. The minimum atomic E-state index is 0.0305. The molecular formula is C20H22N2O4. The van der Waals surface area contributed by atoms with Gasteiger partial charge in [-0.3, -0.25) is 4.79 Å². The Kier molecular flexibility index (Phi) is 4.51. The molecule has 6 heteroatoms. The van der Waals surface area contributed by atoms with Crippen molar-refractivity contribution >= 4 is 12.0 Å². The molecule has 3 heterocycles. The van der Waals surface area contributed by atoms with Gasteiger partial charge in [-0.05, 0) is 32.4 Å². The van der Waals surface area contributed by atoms with Crippen molar-refractivity contribution in [3.05, 3.63) is 52.4 Å². The molecule has 4 rings (SSSR count). The highest BCUT2D eigenvalue weighted by molar-refractivity contribution is 5.99. The SMILES string of the molecule is Cc1noc(C)c1COC1CCN(C(=O)C2=Cc3ccccc3OC2)C1. The fourth-order valence-corrected chi connectivity index (χ4v) is 3.40. The molecule has 1 fully saturated rings. The van der Waals surface area contributed by atoms with Crippen molar-refractivity contribution in [1.82, 2.24) is 10.1 Å². The quantitative estimate of drug-likeness (QED) is 0.845. The van der Waals surface area contributed by atoms with Crippen molar-refractivity contribution in [2.75, 3.05) is 19.7 Å². The van der Waals surface area contributed by atoms with Crippen molar-refractivity contribution in [3.8, 4) is 5.75 Å². The highest BCUT2D eigenvalue weighted by Crippen LogP contribution is 2.27.